The number of nitrogens with zero attached hydrogens (tertiary/aromatic N) is 1. The van der Waals surface area contributed by atoms with Crippen molar-refractivity contribution in [2.24, 2.45) is 0 Å². The van der Waals surface area contributed by atoms with Gasteiger partial charge in [-0.25, -0.2) is 0 Å². The second-order valence-corrected chi connectivity index (χ2v) is 5.43. The quantitative estimate of drug-likeness (QED) is 0.746. The van der Waals surface area contributed by atoms with Crippen molar-refractivity contribution in [2.45, 2.75) is 19.0 Å². The largest absolute Gasteiger partial charge is 0.300 e. The van der Waals surface area contributed by atoms with E-state index in [2.05, 4.69) is 84.0 Å². The maximum Gasteiger partial charge on any atom is 0.0581 e. The Hall–Kier alpha value is -2.45. The van der Waals surface area contributed by atoms with Crippen molar-refractivity contribution >= 4 is 0 Å². The first-order valence-electron chi connectivity index (χ1n) is 7.60. The molecule has 0 bridgehead atoms. The lowest BCUT2D eigenvalue weighted by Crippen LogP contribution is -2.25. The Bertz CT molecular complexity index is 641. The van der Waals surface area contributed by atoms with Crippen LogP contribution >= 0.6 is 0 Å². The predicted molar refractivity (Wildman–Crippen MR) is 90.5 cm³/mol. The molecule has 1 heterocycles. The van der Waals surface area contributed by atoms with Crippen LogP contribution in [0.4, 0.5) is 0 Å². The summed E-state index contributed by atoms with van der Waals surface area (Å²) in [6.45, 7) is 2.18. The average Bonchev–Trinajstić information content (AvgIpc) is 2.62. The van der Waals surface area contributed by atoms with E-state index < -0.39 is 0 Å². The molecule has 2 aromatic carbocycles. The van der Waals surface area contributed by atoms with E-state index in [1.165, 1.54) is 16.7 Å². The van der Waals surface area contributed by atoms with Gasteiger partial charge < -0.3 is 0 Å². The highest BCUT2D eigenvalue weighted by atomic mass is 14.9. The third kappa shape index (κ3) is 3.41. The topological polar surface area (TPSA) is 24.9 Å². The van der Waals surface area contributed by atoms with Crippen LogP contribution in [-0.4, -0.2) is 4.98 Å². The van der Waals surface area contributed by atoms with Gasteiger partial charge in [0.2, 0.25) is 0 Å². The van der Waals surface area contributed by atoms with Crippen molar-refractivity contribution in [3.63, 3.8) is 0 Å². The molecule has 0 fully saturated rings. The lowest BCUT2D eigenvalue weighted by Gasteiger charge is -2.24. The second kappa shape index (κ2) is 7.01. The number of pyridine rings is 1. The first kappa shape index (κ1) is 14.5. The second-order valence-electron chi connectivity index (χ2n) is 5.43. The zero-order valence-electron chi connectivity index (χ0n) is 12.7. The van der Waals surface area contributed by atoms with Gasteiger partial charge in [0.15, 0.2) is 0 Å². The maximum atomic E-state index is 4.22. The fourth-order valence-electron chi connectivity index (χ4n) is 2.65. The molecule has 1 aromatic heterocycles. The molecular weight excluding hydrogens is 268 g/mol. The Morgan fingerprint density at radius 3 is 1.77 bits per heavy atom. The summed E-state index contributed by atoms with van der Waals surface area (Å²) in [5.41, 5.74) is 3.73. The van der Waals surface area contributed by atoms with Gasteiger partial charge in [-0.1, -0.05) is 66.7 Å². The molecule has 0 amide bonds. The van der Waals surface area contributed by atoms with E-state index in [4.69, 9.17) is 0 Å². The van der Waals surface area contributed by atoms with Crippen LogP contribution in [0.25, 0.3) is 0 Å². The highest BCUT2D eigenvalue weighted by molar-refractivity contribution is 5.32. The van der Waals surface area contributed by atoms with Crippen molar-refractivity contribution in [2.75, 3.05) is 0 Å². The van der Waals surface area contributed by atoms with Gasteiger partial charge in [-0.2, -0.15) is 0 Å². The minimum absolute atomic E-state index is 0.164. The molecule has 0 saturated heterocycles. The molecule has 22 heavy (non-hydrogen) atoms. The van der Waals surface area contributed by atoms with Gasteiger partial charge in [-0.05, 0) is 29.7 Å². The van der Waals surface area contributed by atoms with Gasteiger partial charge in [-0.15, -0.1) is 0 Å². The molecule has 0 spiro atoms. The van der Waals surface area contributed by atoms with E-state index in [-0.39, 0.29) is 12.1 Å². The summed E-state index contributed by atoms with van der Waals surface area (Å²) in [5, 5.41) is 3.73. The summed E-state index contributed by atoms with van der Waals surface area (Å²) in [6, 6.07) is 25.6. The Balaban J connectivity index is 1.90. The van der Waals surface area contributed by atoms with Gasteiger partial charge in [0, 0.05) is 18.4 Å². The minimum Gasteiger partial charge on any atom is -0.300 e. The van der Waals surface area contributed by atoms with Gasteiger partial charge in [0.05, 0.1) is 6.04 Å². The van der Waals surface area contributed by atoms with Crippen LogP contribution in [0.3, 0.4) is 0 Å². The summed E-state index contributed by atoms with van der Waals surface area (Å²) in [7, 11) is 0. The highest BCUT2D eigenvalue weighted by Crippen LogP contribution is 2.25. The molecule has 2 heteroatoms. The summed E-state index contributed by atoms with van der Waals surface area (Å²) in [4.78, 5) is 4.22. The first-order chi connectivity index (χ1) is 10.8. The molecule has 3 aromatic rings. The van der Waals surface area contributed by atoms with Crippen LogP contribution in [0, 0.1) is 0 Å². The monoisotopic (exact) mass is 288 g/mol. The normalized spacial score (nSPS) is 12.3. The Morgan fingerprint density at radius 1 is 0.727 bits per heavy atom. The van der Waals surface area contributed by atoms with Crippen molar-refractivity contribution in [3.05, 3.63) is 102 Å². The van der Waals surface area contributed by atoms with Crippen LogP contribution in [0.15, 0.2) is 85.2 Å². The predicted octanol–water partition coefficient (Wildman–Crippen LogP) is 4.52. The lowest BCUT2D eigenvalue weighted by molar-refractivity contribution is 0.515. The molecule has 3 rings (SSSR count). The van der Waals surface area contributed by atoms with Gasteiger partial charge >= 0.3 is 0 Å². The van der Waals surface area contributed by atoms with Crippen LogP contribution in [-0.2, 0) is 0 Å². The van der Waals surface area contributed by atoms with E-state index in [1.54, 1.807) is 0 Å². The van der Waals surface area contributed by atoms with Gasteiger partial charge in [0.25, 0.3) is 0 Å². The molecule has 0 aliphatic carbocycles. The third-order valence-corrected chi connectivity index (χ3v) is 3.87. The SMILES string of the molecule is C[C@@H](NC(c1ccccc1)c1ccccc1)c1cccnc1. The smallest absolute Gasteiger partial charge is 0.0581 e. The zero-order chi connectivity index (χ0) is 15.2. The fraction of sp³-hybridized carbons (Fsp3) is 0.150. The van der Waals surface area contributed by atoms with Crippen LogP contribution in [0.1, 0.15) is 35.7 Å². The third-order valence-electron chi connectivity index (χ3n) is 3.87. The Labute approximate surface area is 131 Å². The standard InChI is InChI=1S/C20H20N2/c1-16(19-13-8-14-21-15-19)22-20(17-9-4-2-5-10-17)18-11-6-3-7-12-18/h2-16,20,22H,1H3/t16-/m1/s1. The van der Waals surface area contributed by atoms with Gasteiger partial charge in [0.1, 0.15) is 0 Å². The fourth-order valence-corrected chi connectivity index (χ4v) is 2.65. The van der Waals surface area contributed by atoms with Crippen molar-refractivity contribution in [3.8, 4) is 0 Å². The number of aromatic nitrogens is 1. The number of hydrogen-bond donors (Lipinski definition) is 1. The number of rotatable bonds is 5. The van der Waals surface area contributed by atoms with Crippen molar-refractivity contribution in [1.82, 2.24) is 10.3 Å². The summed E-state index contributed by atoms with van der Waals surface area (Å²) >= 11 is 0. The van der Waals surface area contributed by atoms with E-state index >= 15 is 0 Å². The number of nitrogens with one attached hydrogen (secondary N) is 1. The molecule has 1 N–H and O–H groups in total. The Morgan fingerprint density at radius 2 is 1.27 bits per heavy atom. The molecule has 0 radical (unpaired) electrons. The molecular formula is C20H20N2. The van der Waals surface area contributed by atoms with Crippen LogP contribution in [0.5, 0.6) is 0 Å². The van der Waals surface area contributed by atoms with Crippen LogP contribution in [0.2, 0.25) is 0 Å². The zero-order valence-corrected chi connectivity index (χ0v) is 12.7. The highest BCUT2D eigenvalue weighted by Gasteiger charge is 2.17. The van der Waals surface area contributed by atoms with E-state index in [0.717, 1.165) is 0 Å². The first-order valence-corrected chi connectivity index (χ1v) is 7.60. The molecule has 0 aliphatic rings. The molecule has 0 unspecified atom stereocenters. The van der Waals surface area contributed by atoms with Crippen molar-refractivity contribution in [1.29, 1.82) is 0 Å². The van der Waals surface area contributed by atoms with Gasteiger partial charge in [-0.3, -0.25) is 10.3 Å². The molecule has 0 saturated carbocycles. The van der Waals surface area contributed by atoms with Crippen molar-refractivity contribution < 1.29 is 0 Å². The number of benzene rings is 2. The van der Waals surface area contributed by atoms with E-state index in [9.17, 15) is 0 Å². The lowest BCUT2D eigenvalue weighted by atomic mass is 9.97. The molecule has 2 nitrogen and oxygen atoms in total. The maximum absolute atomic E-state index is 4.22. The summed E-state index contributed by atoms with van der Waals surface area (Å²) in [5.74, 6) is 0. The summed E-state index contributed by atoms with van der Waals surface area (Å²) < 4.78 is 0. The summed E-state index contributed by atoms with van der Waals surface area (Å²) in [6.07, 6.45) is 3.73. The Kier molecular flexibility index (Phi) is 4.62. The molecule has 0 aliphatic heterocycles. The van der Waals surface area contributed by atoms with Crippen LogP contribution < -0.4 is 5.32 Å². The molecule has 110 valence electrons. The average molecular weight is 288 g/mol. The van der Waals surface area contributed by atoms with E-state index in [0.29, 0.717) is 0 Å². The minimum atomic E-state index is 0.164. The molecule has 1 atom stereocenters. The number of hydrogen-bond acceptors (Lipinski definition) is 2. The van der Waals surface area contributed by atoms with E-state index in [1.807, 2.05) is 18.5 Å².